The van der Waals surface area contributed by atoms with Gasteiger partial charge in [0.25, 0.3) is 0 Å². The lowest BCUT2D eigenvalue weighted by Crippen LogP contribution is -2.12. The van der Waals surface area contributed by atoms with Gasteiger partial charge in [0.15, 0.2) is 11.6 Å². The van der Waals surface area contributed by atoms with Gasteiger partial charge in [-0.2, -0.15) is 0 Å². The Hall–Kier alpha value is -1.53. The highest BCUT2D eigenvalue weighted by Gasteiger charge is 2.13. The van der Waals surface area contributed by atoms with Crippen molar-refractivity contribution in [3.05, 3.63) is 52.0 Å². The Kier molecular flexibility index (Phi) is 3.88. The van der Waals surface area contributed by atoms with E-state index in [1.165, 1.54) is 11.3 Å². The van der Waals surface area contributed by atoms with Crippen LogP contribution in [0, 0.1) is 17.5 Å². The van der Waals surface area contributed by atoms with Crippen molar-refractivity contribution in [2.24, 2.45) is 0 Å². The molecule has 18 heavy (non-hydrogen) atoms. The third-order valence-electron chi connectivity index (χ3n) is 2.35. The van der Waals surface area contributed by atoms with E-state index in [1.807, 2.05) is 0 Å². The largest absolute Gasteiger partial charge is 0.386 e. The minimum atomic E-state index is -1.26. The molecule has 6 heteroatoms. The second kappa shape index (κ2) is 5.41. The molecule has 0 saturated heterocycles. The fraction of sp³-hybridized carbons (Fsp3) is 0.167. The molecule has 1 aromatic heterocycles. The molecule has 0 amide bonds. The number of nitrogens with one attached hydrogen (secondary N) is 1. The van der Waals surface area contributed by atoms with Crippen molar-refractivity contribution in [2.75, 3.05) is 11.9 Å². The lowest BCUT2D eigenvalue weighted by molar-refractivity contribution is 0.195. The third kappa shape index (κ3) is 2.83. The Labute approximate surface area is 106 Å². The molecule has 2 nitrogen and oxygen atoms in total. The van der Waals surface area contributed by atoms with Crippen LogP contribution in [0.15, 0.2) is 29.6 Å². The SMILES string of the molecule is OC(CNc1cc(F)cc(F)c1F)c1cccs1. The molecule has 0 aliphatic carbocycles. The van der Waals surface area contributed by atoms with Crippen molar-refractivity contribution < 1.29 is 18.3 Å². The van der Waals surface area contributed by atoms with Crippen LogP contribution in [0.25, 0.3) is 0 Å². The first-order valence-corrected chi connectivity index (χ1v) is 6.06. The molecule has 96 valence electrons. The number of aliphatic hydroxyl groups excluding tert-OH is 1. The van der Waals surface area contributed by atoms with Crippen molar-refractivity contribution in [2.45, 2.75) is 6.10 Å². The first-order valence-electron chi connectivity index (χ1n) is 5.18. The summed E-state index contributed by atoms with van der Waals surface area (Å²) in [6.07, 6.45) is -0.851. The van der Waals surface area contributed by atoms with Crippen molar-refractivity contribution in [1.82, 2.24) is 0 Å². The van der Waals surface area contributed by atoms with Crippen LogP contribution in [0.4, 0.5) is 18.9 Å². The summed E-state index contributed by atoms with van der Waals surface area (Å²) in [6.45, 7) is -0.0275. The lowest BCUT2D eigenvalue weighted by Gasteiger charge is -2.12. The minimum Gasteiger partial charge on any atom is -0.386 e. The number of anilines is 1. The summed E-state index contributed by atoms with van der Waals surface area (Å²) in [5, 5.41) is 14.0. The normalized spacial score (nSPS) is 12.4. The summed E-state index contributed by atoms with van der Waals surface area (Å²) >= 11 is 1.34. The van der Waals surface area contributed by atoms with Crippen molar-refractivity contribution in [3.63, 3.8) is 0 Å². The standard InChI is InChI=1S/C12H10F3NOS/c13-7-4-8(14)12(15)9(5-7)16-6-10(17)11-2-1-3-18-11/h1-5,10,16-17H,6H2. The molecule has 2 N–H and O–H groups in total. The summed E-state index contributed by atoms with van der Waals surface area (Å²) < 4.78 is 39.1. The van der Waals surface area contributed by atoms with Crippen LogP contribution in [0.2, 0.25) is 0 Å². The van der Waals surface area contributed by atoms with Gasteiger partial charge in [0, 0.05) is 23.6 Å². The predicted molar refractivity (Wildman–Crippen MR) is 64.1 cm³/mol. The fourth-order valence-corrected chi connectivity index (χ4v) is 2.18. The van der Waals surface area contributed by atoms with Gasteiger partial charge in [-0.1, -0.05) is 6.07 Å². The predicted octanol–water partition coefficient (Wildman–Crippen LogP) is 3.31. The minimum absolute atomic E-state index is 0.0275. The molecule has 2 aromatic rings. The van der Waals surface area contributed by atoms with Crippen LogP contribution in [0.3, 0.4) is 0 Å². The van der Waals surface area contributed by atoms with Crippen LogP contribution < -0.4 is 5.32 Å². The molecule has 1 aromatic carbocycles. The Balaban J connectivity index is 2.06. The maximum Gasteiger partial charge on any atom is 0.182 e. The van der Waals surface area contributed by atoms with E-state index in [0.29, 0.717) is 10.9 Å². The summed E-state index contributed by atoms with van der Waals surface area (Å²) in [4.78, 5) is 0.694. The second-order valence-corrected chi connectivity index (χ2v) is 4.64. The molecule has 1 heterocycles. The van der Waals surface area contributed by atoms with Crippen LogP contribution >= 0.6 is 11.3 Å². The maximum absolute atomic E-state index is 13.3. The number of hydrogen-bond donors (Lipinski definition) is 2. The number of benzene rings is 1. The molecule has 0 aliphatic heterocycles. The van der Waals surface area contributed by atoms with E-state index >= 15 is 0 Å². The molecule has 0 fully saturated rings. The average Bonchev–Trinajstić information content (AvgIpc) is 2.85. The van der Waals surface area contributed by atoms with E-state index in [-0.39, 0.29) is 12.2 Å². The Morgan fingerprint density at radius 2 is 2.06 bits per heavy atom. The highest BCUT2D eigenvalue weighted by Crippen LogP contribution is 2.22. The second-order valence-electron chi connectivity index (χ2n) is 3.66. The van der Waals surface area contributed by atoms with Gasteiger partial charge in [0.1, 0.15) is 11.9 Å². The molecule has 1 unspecified atom stereocenters. The van der Waals surface area contributed by atoms with Gasteiger partial charge in [0.05, 0.1) is 5.69 Å². The zero-order valence-corrected chi connectivity index (χ0v) is 9.98. The van der Waals surface area contributed by atoms with Crippen molar-refractivity contribution >= 4 is 17.0 Å². The van der Waals surface area contributed by atoms with Crippen LogP contribution in [0.1, 0.15) is 11.0 Å². The zero-order chi connectivity index (χ0) is 13.1. The topological polar surface area (TPSA) is 32.3 Å². The average molecular weight is 273 g/mol. The van der Waals surface area contributed by atoms with E-state index in [2.05, 4.69) is 5.32 Å². The molecular formula is C12H10F3NOS. The van der Waals surface area contributed by atoms with E-state index in [0.717, 1.165) is 6.07 Å². The summed E-state index contributed by atoms with van der Waals surface area (Å²) in [6, 6.07) is 4.81. The lowest BCUT2D eigenvalue weighted by atomic mass is 10.2. The van der Waals surface area contributed by atoms with Crippen molar-refractivity contribution in [3.8, 4) is 0 Å². The van der Waals surface area contributed by atoms with Gasteiger partial charge >= 0.3 is 0 Å². The third-order valence-corrected chi connectivity index (χ3v) is 3.32. The molecule has 0 bridgehead atoms. The van der Waals surface area contributed by atoms with Crippen molar-refractivity contribution in [1.29, 1.82) is 0 Å². The number of thiophene rings is 1. The highest BCUT2D eigenvalue weighted by atomic mass is 32.1. The van der Waals surface area contributed by atoms with Gasteiger partial charge in [0.2, 0.25) is 0 Å². The molecule has 0 spiro atoms. The molecule has 0 radical (unpaired) electrons. The van der Waals surface area contributed by atoms with Crippen LogP contribution in [-0.4, -0.2) is 11.7 Å². The smallest absolute Gasteiger partial charge is 0.182 e. The molecule has 1 atom stereocenters. The van der Waals surface area contributed by atoms with Gasteiger partial charge in [-0.25, -0.2) is 13.2 Å². The van der Waals surface area contributed by atoms with Gasteiger partial charge in [-0.3, -0.25) is 0 Å². The summed E-state index contributed by atoms with van der Waals surface area (Å²) in [7, 11) is 0. The number of hydrogen-bond acceptors (Lipinski definition) is 3. The van der Waals surface area contributed by atoms with Gasteiger partial charge < -0.3 is 10.4 Å². The number of rotatable bonds is 4. The van der Waals surface area contributed by atoms with E-state index in [9.17, 15) is 18.3 Å². The van der Waals surface area contributed by atoms with Crippen LogP contribution in [0.5, 0.6) is 0 Å². The Morgan fingerprint density at radius 3 is 2.72 bits per heavy atom. The van der Waals surface area contributed by atoms with Crippen LogP contribution in [-0.2, 0) is 0 Å². The molecule has 2 rings (SSSR count). The van der Waals surface area contributed by atoms with E-state index in [1.54, 1.807) is 17.5 Å². The first-order chi connectivity index (χ1) is 8.58. The monoisotopic (exact) mass is 273 g/mol. The fourth-order valence-electron chi connectivity index (χ4n) is 1.47. The molecule has 0 aliphatic rings. The van der Waals surface area contributed by atoms with Gasteiger partial charge in [-0.15, -0.1) is 11.3 Å². The first kappa shape index (κ1) is 12.9. The molecule has 0 saturated carbocycles. The Bertz CT molecular complexity index is 530. The summed E-state index contributed by atoms with van der Waals surface area (Å²) in [5.41, 5.74) is -0.303. The highest BCUT2D eigenvalue weighted by molar-refractivity contribution is 7.10. The van der Waals surface area contributed by atoms with E-state index in [4.69, 9.17) is 0 Å². The number of aliphatic hydroxyl groups is 1. The van der Waals surface area contributed by atoms with E-state index < -0.39 is 23.6 Å². The van der Waals surface area contributed by atoms with Gasteiger partial charge in [-0.05, 0) is 11.4 Å². The summed E-state index contributed by atoms with van der Waals surface area (Å²) in [5.74, 6) is -3.29. The maximum atomic E-state index is 13.3. The zero-order valence-electron chi connectivity index (χ0n) is 9.16. The Morgan fingerprint density at radius 1 is 1.28 bits per heavy atom. The number of halogens is 3. The quantitative estimate of drug-likeness (QED) is 0.838. The molecular weight excluding hydrogens is 263 g/mol.